The zero-order chi connectivity index (χ0) is 13.8. The molecule has 0 aliphatic rings. The lowest BCUT2D eigenvalue weighted by molar-refractivity contribution is 0.0956. The van der Waals surface area contributed by atoms with E-state index in [4.69, 9.17) is 10.2 Å². The molecular weight excluding hydrogens is 264 g/mol. The Kier molecular flexibility index (Phi) is 4.06. The van der Waals surface area contributed by atoms with Gasteiger partial charge in [0.15, 0.2) is 0 Å². The van der Waals surface area contributed by atoms with Gasteiger partial charge in [0, 0.05) is 29.6 Å². The number of aryl methyl sites for hydroxylation is 1. The van der Waals surface area contributed by atoms with Crippen molar-refractivity contribution in [2.24, 2.45) is 0 Å². The van der Waals surface area contributed by atoms with Crippen LogP contribution in [-0.4, -0.2) is 22.6 Å². The van der Waals surface area contributed by atoms with E-state index in [-0.39, 0.29) is 5.91 Å². The minimum atomic E-state index is -0.139. The predicted octanol–water partition coefficient (Wildman–Crippen LogP) is 1.86. The first-order valence-electron chi connectivity index (χ1n) is 5.76. The van der Waals surface area contributed by atoms with Gasteiger partial charge in [-0.25, -0.2) is 0 Å². The molecule has 1 aromatic carbocycles. The van der Waals surface area contributed by atoms with Gasteiger partial charge < -0.3 is 15.5 Å². The molecule has 2 aromatic rings. The van der Waals surface area contributed by atoms with Crippen LogP contribution in [0.25, 0.3) is 0 Å². The highest BCUT2D eigenvalue weighted by Crippen LogP contribution is 2.31. The summed E-state index contributed by atoms with van der Waals surface area (Å²) in [5.74, 6) is 0.361. The number of amides is 1. The summed E-state index contributed by atoms with van der Waals surface area (Å²) >= 11 is 1.27. The van der Waals surface area contributed by atoms with Gasteiger partial charge in [-0.1, -0.05) is 0 Å². The Balaban J connectivity index is 2.17. The van der Waals surface area contributed by atoms with Crippen LogP contribution in [-0.2, 0) is 0 Å². The molecule has 0 fully saturated rings. The number of nitrogens with two attached hydrogens (primary N) is 1. The van der Waals surface area contributed by atoms with Crippen molar-refractivity contribution in [3.05, 3.63) is 29.7 Å². The number of carbonyl (C=O) groups is 1. The number of nitrogens with zero attached hydrogens (tertiary/aromatic N) is 2. The second-order valence-corrected chi connectivity index (χ2v) is 4.79. The summed E-state index contributed by atoms with van der Waals surface area (Å²) in [4.78, 5) is 12.4. The van der Waals surface area contributed by atoms with E-state index < -0.39 is 0 Å². The quantitative estimate of drug-likeness (QED) is 0.829. The minimum absolute atomic E-state index is 0.139. The summed E-state index contributed by atoms with van der Waals surface area (Å²) in [6, 6.07) is 5.12. The van der Waals surface area contributed by atoms with E-state index in [0.29, 0.717) is 28.9 Å². The Bertz CT molecular complexity index is 597. The standard InChI is InChI=1S/C12H14N4O2S/c1-3-14-11(17)8-4-5-10(9(13)6-8)19-12-16-15-7(2)18-12/h4-6H,3,13H2,1-2H3,(H,14,17). The lowest BCUT2D eigenvalue weighted by Gasteiger charge is -2.06. The van der Waals surface area contributed by atoms with Crippen LogP contribution in [0.15, 0.2) is 32.7 Å². The summed E-state index contributed by atoms with van der Waals surface area (Å²) in [6.07, 6.45) is 0. The molecule has 0 aliphatic heterocycles. The van der Waals surface area contributed by atoms with Crippen LogP contribution < -0.4 is 11.1 Å². The highest BCUT2D eigenvalue weighted by Gasteiger charge is 2.11. The van der Waals surface area contributed by atoms with E-state index in [2.05, 4.69) is 15.5 Å². The second kappa shape index (κ2) is 5.75. The zero-order valence-electron chi connectivity index (χ0n) is 10.6. The van der Waals surface area contributed by atoms with Gasteiger partial charge in [-0.05, 0) is 36.9 Å². The monoisotopic (exact) mass is 278 g/mol. The first-order valence-corrected chi connectivity index (χ1v) is 6.57. The van der Waals surface area contributed by atoms with Gasteiger partial charge >= 0.3 is 0 Å². The van der Waals surface area contributed by atoms with Crippen LogP contribution in [0.3, 0.4) is 0 Å². The van der Waals surface area contributed by atoms with E-state index in [1.807, 2.05) is 6.92 Å². The van der Waals surface area contributed by atoms with Crippen LogP contribution in [0.1, 0.15) is 23.2 Å². The van der Waals surface area contributed by atoms with Gasteiger partial charge in [0.25, 0.3) is 11.1 Å². The fourth-order valence-electron chi connectivity index (χ4n) is 1.46. The van der Waals surface area contributed by atoms with E-state index in [9.17, 15) is 4.79 Å². The van der Waals surface area contributed by atoms with Crippen molar-refractivity contribution in [1.29, 1.82) is 0 Å². The van der Waals surface area contributed by atoms with Crippen molar-refractivity contribution in [3.63, 3.8) is 0 Å². The minimum Gasteiger partial charge on any atom is -0.416 e. The van der Waals surface area contributed by atoms with Crippen molar-refractivity contribution in [3.8, 4) is 0 Å². The number of hydrogen-bond donors (Lipinski definition) is 2. The van der Waals surface area contributed by atoms with E-state index in [1.165, 1.54) is 11.8 Å². The Morgan fingerprint density at radius 3 is 2.84 bits per heavy atom. The molecule has 1 aromatic heterocycles. The van der Waals surface area contributed by atoms with E-state index >= 15 is 0 Å². The summed E-state index contributed by atoms with van der Waals surface area (Å²) in [5.41, 5.74) is 6.96. The maximum atomic E-state index is 11.7. The number of nitrogens with one attached hydrogen (secondary N) is 1. The largest absolute Gasteiger partial charge is 0.416 e. The molecule has 6 nitrogen and oxygen atoms in total. The lowest BCUT2D eigenvalue weighted by atomic mass is 10.2. The number of nitrogen functional groups attached to an aromatic ring is 1. The molecule has 0 unspecified atom stereocenters. The average Bonchev–Trinajstić information content (AvgIpc) is 2.78. The molecule has 0 saturated carbocycles. The molecule has 0 bridgehead atoms. The van der Waals surface area contributed by atoms with Gasteiger partial charge in [-0.15, -0.1) is 10.2 Å². The third kappa shape index (κ3) is 3.25. The van der Waals surface area contributed by atoms with Crippen LogP contribution in [0, 0.1) is 6.92 Å². The summed E-state index contributed by atoms with van der Waals surface area (Å²) in [5, 5.41) is 10.8. The molecule has 0 aliphatic carbocycles. The number of benzene rings is 1. The Morgan fingerprint density at radius 2 is 2.26 bits per heavy atom. The number of rotatable bonds is 4. The fraction of sp³-hybridized carbons (Fsp3) is 0.250. The molecule has 100 valence electrons. The van der Waals surface area contributed by atoms with Gasteiger partial charge in [0.2, 0.25) is 5.89 Å². The van der Waals surface area contributed by atoms with Crippen molar-refractivity contribution < 1.29 is 9.21 Å². The smallest absolute Gasteiger partial charge is 0.281 e. The van der Waals surface area contributed by atoms with Gasteiger partial charge in [0.05, 0.1) is 0 Å². The Labute approximate surface area is 114 Å². The molecular formula is C12H14N4O2S. The number of carbonyl (C=O) groups excluding carboxylic acids is 1. The molecule has 19 heavy (non-hydrogen) atoms. The van der Waals surface area contributed by atoms with Crippen molar-refractivity contribution in [2.45, 2.75) is 24.0 Å². The van der Waals surface area contributed by atoms with E-state index in [0.717, 1.165) is 4.90 Å². The third-order valence-electron chi connectivity index (χ3n) is 2.31. The third-order valence-corrected chi connectivity index (χ3v) is 3.25. The highest BCUT2D eigenvalue weighted by molar-refractivity contribution is 7.99. The Hall–Kier alpha value is -2.02. The number of hydrogen-bond acceptors (Lipinski definition) is 6. The SMILES string of the molecule is CCNC(=O)c1ccc(Sc2nnc(C)o2)c(N)c1. The summed E-state index contributed by atoms with van der Waals surface area (Å²) in [6.45, 7) is 4.17. The molecule has 2 rings (SSSR count). The summed E-state index contributed by atoms with van der Waals surface area (Å²) in [7, 11) is 0. The van der Waals surface area contributed by atoms with Crippen LogP contribution in [0.5, 0.6) is 0 Å². The predicted molar refractivity (Wildman–Crippen MR) is 72.0 cm³/mol. The number of anilines is 1. The van der Waals surface area contributed by atoms with Crippen molar-refractivity contribution in [1.82, 2.24) is 15.5 Å². The molecule has 0 spiro atoms. The molecule has 0 radical (unpaired) electrons. The molecule has 1 amide bonds. The molecule has 3 N–H and O–H groups in total. The molecule has 0 saturated heterocycles. The van der Waals surface area contributed by atoms with Gasteiger partial charge in [0.1, 0.15) is 0 Å². The van der Waals surface area contributed by atoms with Crippen molar-refractivity contribution in [2.75, 3.05) is 12.3 Å². The first kappa shape index (κ1) is 13.4. The zero-order valence-corrected chi connectivity index (χ0v) is 11.5. The summed E-state index contributed by atoms with van der Waals surface area (Å²) < 4.78 is 5.26. The lowest BCUT2D eigenvalue weighted by Crippen LogP contribution is -2.22. The topological polar surface area (TPSA) is 94.0 Å². The van der Waals surface area contributed by atoms with Gasteiger partial charge in [-0.2, -0.15) is 0 Å². The van der Waals surface area contributed by atoms with Crippen LogP contribution in [0.4, 0.5) is 5.69 Å². The van der Waals surface area contributed by atoms with Crippen LogP contribution >= 0.6 is 11.8 Å². The average molecular weight is 278 g/mol. The van der Waals surface area contributed by atoms with Crippen LogP contribution in [0.2, 0.25) is 0 Å². The Morgan fingerprint density at radius 1 is 1.47 bits per heavy atom. The molecule has 1 heterocycles. The van der Waals surface area contributed by atoms with E-state index in [1.54, 1.807) is 25.1 Å². The van der Waals surface area contributed by atoms with Gasteiger partial charge in [-0.3, -0.25) is 4.79 Å². The fourth-order valence-corrected chi connectivity index (χ4v) is 2.20. The highest BCUT2D eigenvalue weighted by atomic mass is 32.2. The number of aromatic nitrogens is 2. The molecule has 7 heteroatoms. The van der Waals surface area contributed by atoms with Crippen molar-refractivity contribution >= 4 is 23.4 Å². The normalized spacial score (nSPS) is 10.4. The molecule has 0 atom stereocenters. The second-order valence-electron chi connectivity index (χ2n) is 3.80. The first-order chi connectivity index (χ1) is 9.10. The maximum Gasteiger partial charge on any atom is 0.281 e. The maximum absolute atomic E-state index is 11.7.